The van der Waals surface area contributed by atoms with Crippen molar-refractivity contribution in [2.24, 2.45) is 22.7 Å². The number of aryl methyl sites for hydroxylation is 3. The fourth-order valence-electron chi connectivity index (χ4n) is 7.54. The van der Waals surface area contributed by atoms with Crippen molar-refractivity contribution in [3.05, 3.63) is 81.8 Å². The Bertz CT molecular complexity index is 1690. The molecule has 6 heteroatoms. The zero-order chi connectivity index (χ0) is 39.5. The second kappa shape index (κ2) is 19.5. The molecule has 0 saturated carbocycles. The number of benzene rings is 2. The second-order valence-corrected chi connectivity index (χ2v) is 16.9. The smallest absolute Gasteiger partial charge is 0.314 e. The van der Waals surface area contributed by atoms with Gasteiger partial charge in [-0.25, -0.2) is 0 Å². The van der Waals surface area contributed by atoms with Gasteiger partial charge < -0.3 is 9.47 Å². The van der Waals surface area contributed by atoms with Crippen molar-refractivity contribution >= 4 is 34.7 Å². The predicted octanol–water partition coefficient (Wildman–Crippen LogP) is 12.0. The summed E-state index contributed by atoms with van der Waals surface area (Å²) in [6.07, 6.45) is 9.54. The molecule has 2 unspecified atom stereocenters. The van der Waals surface area contributed by atoms with Crippen LogP contribution >= 0.6 is 0 Å². The largest absolute Gasteiger partial charge is 0.430 e. The topological polar surface area (TPSA) is 86.7 Å². The standard InChI is InChI=1S/C24H34O3.C23H32O3/c1-7-9-10-18(8-2)23(26)27-21-15-24(5,6)14-20(25)22(21)19-12-11-16(3)13-17(19)4;1-6-8-12-17(7-2)22(25)26-20-15-23(4,5)14-19(24)21(20)18-13-10-9-11-16(18)3/h11-13,18H,7-10,14-15H2,1-6H3;9-11,13,17H,6-8,12,14-15H2,1-5H3. The number of unbranched alkanes of at least 4 members (excludes halogenated alkanes) is 2. The molecule has 0 amide bonds. The molecule has 2 aromatic rings. The van der Waals surface area contributed by atoms with Crippen molar-refractivity contribution in [1.82, 2.24) is 0 Å². The molecule has 290 valence electrons. The molecule has 0 radical (unpaired) electrons. The van der Waals surface area contributed by atoms with Gasteiger partial charge >= 0.3 is 11.9 Å². The van der Waals surface area contributed by atoms with Crippen LogP contribution in [0, 0.1) is 43.4 Å². The van der Waals surface area contributed by atoms with E-state index in [9.17, 15) is 19.2 Å². The molecule has 4 rings (SSSR count). The number of hydrogen-bond donors (Lipinski definition) is 0. The first kappa shape index (κ1) is 43.6. The van der Waals surface area contributed by atoms with E-state index in [2.05, 4.69) is 47.6 Å². The monoisotopic (exact) mass is 726 g/mol. The van der Waals surface area contributed by atoms with Crippen LogP contribution in [-0.4, -0.2) is 23.5 Å². The molecule has 0 bridgehead atoms. The summed E-state index contributed by atoms with van der Waals surface area (Å²) < 4.78 is 11.8. The minimum absolute atomic E-state index is 0.0694. The summed E-state index contributed by atoms with van der Waals surface area (Å²) in [5.74, 6) is 0.686. The van der Waals surface area contributed by atoms with Crippen molar-refractivity contribution in [2.45, 2.75) is 153 Å². The Kier molecular flexibility index (Phi) is 16.0. The highest BCUT2D eigenvalue weighted by Gasteiger charge is 2.38. The Morgan fingerprint density at radius 1 is 0.623 bits per heavy atom. The first-order valence-corrected chi connectivity index (χ1v) is 20.1. The summed E-state index contributed by atoms with van der Waals surface area (Å²) in [5, 5.41) is 0. The van der Waals surface area contributed by atoms with Crippen LogP contribution in [0.4, 0.5) is 0 Å². The fourth-order valence-corrected chi connectivity index (χ4v) is 7.54. The van der Waals surface area contributed by atoms with Crippen LogP contribution in [-0.2, 0) is 28.7 Å². The average Bonchev–Trinajstić information content (AvgIpc) is 3.06. The SMILES string of the molecule is CCCCC(CC)C(=O)OC1=C(c2ccc(C)cc2C)C(=O)CC(C)(C)C1.CCCCC(CC)C(=O)OC1=C(c2ccccc2C)C(=O)CC(C)(C)C1. The van der Waals surface area contributed by atoms with Crippen LogP contribution in [0.5, 0.6) is 0 Å². The summed E-state index contributed by atoms with van der Waals surface area (Å²) in [6.45, 7) is 22.6. The summed E-state index contributed by atoms with van der Waals surface area (Å²) in [7, 11) is 0. The molecule has 0 N–H and O–H groups in total. The molecule has 0 aromatic heterocycles. The van der Waals surface area contributed by atoms with Crippen LogP contribution < -0.4 is 0 Å². The van der Waals surface area contributed by atoms with Gasteiger partial charge in [-0.3, -0.25) is 19.2 Å². The number of allylic oxidation sites excluding steroid dienone is 4. The lowest BCUT2D eigenvalue weighted by Crippen LogP contribution is -2.28. The third-order valence-corrected chi connectivity index (χ3v) is 10.6. The Labute approximate surface area is 320 Å². The first-order chi connectivity index (χ1) is 25.0. The Balaban J connectivity index is 0.000000286. The molecule has 0 heterocycles. The minimum atomic E-state index is -0.195. The van der Waals surface area contributed by atoms with E-state index < -0.39 is 0 Å². The molecular formula is C47H66O6. The van der Waals surface area contributed by atoms with Gasteiger partial charge in [0.05, 0.1) is 23.0 Å². The maximum absolute atomic E-state index is 13.0. The van der Waals surface area contributed by atoms with Gasteiger partial charge in [-0.05, 0) is 79.5 Å². The second-order valence-electron chi connectivity index (χ2n) is 16.9. The number of ketones is 2. The Hall–Kier alpha value is -3.80. The van der Waals surface area contributed by atoms with Crippen molar-refractivity contribution < 1.29 is 28.7 Å². The van der Waals surface area contributed by atoms with E-state index in [4.69, 9.17) is 9.47 Å². The van der Waals surface area contributed by atoms with Gasteiger partial charge in [0, 0.05) is 25.7 Å². The maximum atomic E-state index is 13.0. The van der Waals surface area contributed by atoms with Gasteiger partial charge in [0.2, 0.25) is 0 Å². The van der Waals surface area contributed by atoms with E-state index in [1.165, 1.54) is 0 Å². The van der Waals surface area contributed by atoms with Gasteiger partial charge in [-0.15, -0.1) is 0 Å². The number of Topliss-reactive ketones (excluding diaryl/α,β-unsaturated/α-hetero) is 2. The van der Waals surface area contributed by atoms with E-state index in [-0.39, 0.29) is 46.2 Å². The van der Waals surface area contributed by atoms with Gasteiger partial charge in [0.1, 0.15) is 11.5 Å². The first-order valence-electron chi connectivity index (χ1n) is 20.1. The summed E-state index contributed by atoms with van der Waals surface area (Å²) in [4.78, 5) is 51.5. The van der Waals surface area contributed by atoms with Gasteiger partial charge in [-0.1, -0.05) is 129 Å². The average molecular weight is 727 g/mol. The summed E-state index contributed by atoms with van der Waals surface area (Å²) in [6, 6.07) is 13.9. The predicted molar refractivity (Wildman–Crippen MR) is 216 cm³/mol. The number of hydrogen-bond acceptors (Lipinski definition) is 6. The van der Waals surface area contributed by atoms with E-state index in [1.54, 1.807) is 0 Å². The van der Waals surface area contributed by atoms with E-state index >= 15 is 0 Å². The molecule has 0 spiro atoms. The van der Waals surface area contributed by atoms with Crippen molar-refractivity contribution in [3.63, 3.8) is 0 Å². The molecule has 6 nitrogen and oxygen atoms in total. The maximum Gasteiger partial charge on any atom is 0.314 e. The molecule has 2 aliphatic rings. The third-order valence-electron chi connectivity index (χ3n) is 10.6. The highest BCUT2D eigenvalue weighted by Crippen LogP contribution is 2.43. The quantitative estimate of drug-likeness (QED) is 0.180. The van der Waals surface area contributed by atoms with Gasteiger partial charge in [-0.2, -0.15) is 0 Å². The van der Waals surface area contributed by atoms with Crippen LogP contribution in [0.15, 0.2) is 54.0 Å². The van der Waals surface area contributed by atoms with Gasteiger partial charge in [0.25, 0.3) is 0 Å². The Morgan fingerprint density at radius 2 is 1.06 bits per heavy atom. The summed E-state index contributed by atoms with van der Waals surface area (Å²) >= 11 is 0. The van der Waals surface area contributed by atoms with Crippen molar-refractivity contribution in [2.75, 3.05) is 0 Å². The van der Waals surface area contributed by atoms with E-state index in [0.717, 1.165) is 79.2 Å². The number of rotatable bonds is 14. The van der Waals surface area contributed by atoms with E-state index in [0.29, 0.717) is 48.3 Å². The number of ether oxygens (including phenoxy) is 2. The van der Waals surface area contributed by atoms with E-state index in [1.807, 2.05) is 71.0 Å². The lowest BCUT2D eigenvalue weighted by Gasteiger charge is -2.32. The molecule has 0 aliphatic heterocycles. The number of carbonyl (C=O) groups excluding carboxylic acids is 4. The molecule has 0 saturated heterocycles. The lowest BCUT2D eigenvalue weighted by molar-refractivity contribution is -0.146. The fraction of sp³-hybridized carbons (Fsp3) is 0.574. The third kappa shape index (κ3) is 12.1. The lowest BCUT2D eigenvalue weighted by atomic mass is 9.74. The molecule has 0 fully saturated rings. The molecular weight excluding hydrogens is 661 g/mol. The molecule has 53 heavy (non-hydrogen) atoms. The molecule has 2 atom stereocenters. The minimum Gasteiger partial charge on any atom is -0.430 e. The summed E-state index contributed by atoms with van der Waals surface area (Å²) in [5.41, 5.74) is 5.83. The zero-order valence-corrected chi connectivity index (χ0v) is 34.6. The highest BCUT2D eigenvalue weighted by atomic mass is 16.5. The number of carbonyl (C=O) groups is 4. The van der Waals surface area contributed by atoms with Crippen LogP contribution in [0.2, 0.25) is 0 Å². The Morgan fingerprint density at radius 3 is 1.45 bits per heavy atom. The molecule has 2 aromatic carbocycles. The highest BCUT2D eigenvalue weighted by molar-refractivity contribution is 6.23. The molecule has 2 aliphatic carbocycles. The zero-order valence-electron chi connectivity index (χ0n) is 34.6. The van der Waals surface area contributed by atoms with Crippen LogP contribution in [0.25, 0.3) is 11.1 Å². The van der Waals surface area contributed by atoms with Crippen molar-refractivity contribution in [3.8, 4) is 0 Å². The van der Waals surface area contributed by atoms with Crippen LogP contribution in [0.3, 0.4) is 0 Å². The normalized spacial score (nSPS) is 17.9. The number of esters is 2. The van der Waals surface area contributed by atoms with Crippen molar-refractivity contribution in [1.29, 1.82) is 0 Å². The van der Waals surface area contributed by atoms with Crippen LogP contribution in [0.1, 0.15) is 160 Å². The van der Waals surface area contributed by atoms with Gasteiger partial charge in [0.15, 0.2) is 11.6 Å².